The second kappa shape index (κ2) is 13.6. The number of halogens is 7. The lowest BCUT2D eigenvalue weighted by atomic mass is 10.1. The number of carbonyl (C=O) groups is 2. The number of nitrogens with zero attached hydrogens (tertiary/aromatic N) is 3. The first-order valence-corrected chi connectivity index (χ1v) is 13.8. The van der Waals surface area contributed by atoms with Crippen molar-refractivity contribution in [2.75, 3.05) is 32.8 Å². The van der Waals surface area contributed by atoms with Gasteiger partial charge in [-0.3, -0.25) is 4.79 Å². The first-order chi connectivity index (χ1) is 20.7. The van der Waals surface area contributed by atoms with Crippen LogP contribution < -0.4 is 20.1 Å². The van der Waals surface area contributed by atoms with Crippen molar-refractivity contribution in [2.24, 2.45) is 0 Å². The molecule has 2 N–H and O–H groups in total. The number of hydrogen-bond donors (Lipinski definition) is 2. The van der Waals surface area contributed by atoms with Crippen molar-refractivity contribution >= 4 is 28.9 Å². The molecule has 0 bridgehead atoms. The highest BCUT2D eigenvalue weighted by Crippen LogP contribution is 2.30. The number of benzene rings is 1. The van der Waals surface area contributed by atoms with E-state index in [1.54, 1.807) is 22.3 Å². The van der Waals surface area contributed by atoms with Crippen molar-refractivity contribution in [1.29, 1.82) is 0 Å². The van der Waals surface area contributed by atoms with Crippen LogP contribution in [0.3, 0.4) is 0 Å². The Kier molecular flexibility index (Phi) is 10.1. The average Bonchev–Trinajstić information content (AvgIpc) is 3.71. The number of carbonyl (C=O) groups excluding carboxylic acids is 2. The quantitative estimate of drug-likeness (QED) is 0.285. The molecular formula is C27H24F7N5O4S. The van der Waals surface area contributed by atoms with Crippen molar-refractivity contribution in [3.8, 4) is 28.0 Å². The van der Waals surface area contributed by atoms with E-state index in [0.717, 1.165) is 41.3 Å². The lowest BCUT2D eigenvalue weighted by molar-refractivity contribution is -0.888. The van der Waals surface area contributed by atoms with Crippen LogP contribution in [0.1, 0.15) is 16.1 Å². The molecule has 0 saturated carbocycles. The fourth-order valence-electron chi connectivity index (χ4n) is 4.25. The Bertz CT molecular complexity index is 1590. The van der Waals surface area contributed by atoms with Gasteiger partial charge >= 0.3 is 12.4 Å². The van der Waals surface area contributed by atoms with Crippen LogP contribution in [0, 0.1) is 0 Å². The molecule has 0 radical (unpaired) electrons. The lowest BCUT2D eigenvalue weighted by Crippen LogP contribution is -3.11. The summed E-state index contributed by atoms with van der Waals surface area (Å²) in [5.74, 6) is -3.05. The molecule has 1 fully saturated rings. The second-order valence-corrected chi connectivity index (χ2v) is 10.6. The van der Waals surface area contributed by atoms with Crippen LogP contribution >= 0.6 is 11.3 Å². The first-order valence-electron chi connectivity index (χ1n) is 13.0. The number of amides is 1. The maximum Gasteiger partial charge on any atom is 0.430 e. The van der Waals surface area contributed by atoms with Gasteiger partial charge in [0, 0.05) is 29.9 Å². The Hall–Kier alpha value is -4.25. The van der Waals surface area contributed by atoms with E-state index in [1.807, 2.05) is 35.8 Å². The van der Waals surface area contributed by atoms with Crippen LogP contribution in [0.25, 0.3) is 27.9 Å². The Morgan fingerprint density at radius 2 is 1.80 bits per heavy atom. The monoisotopic (exact) mass is 647 g/mol. The molecule has 2 atom stereocenters. The van der Waals surface area contributed by atoms with Gasteiger partial charge in [-0.15, -0.1) is 11.3 Å². The number of aromatic nitrogens is 3. The number of nitrogens with one attached hydrogen (secondary N) is 2. The number of likely N-dealkylation sites (tertiary alicyclic amines) is 1. The van der Waals surface area contributed by atoms with Crippen molar-refractivity contribution in [3.05, 3.63) is 59.2 Å². The number of aliphatic carboxylic acids is 1. The molecule has 1 unspecified atom stereocenters. The number of hydrogen-bond acceptors (Lipinski definition) is 7. The number of fused-ring (bicyclic) bond motifs is 1. The topological polar surface area (TPSA) is 113 Å². The first kappa shape index (κ1) is 32.7. The van der Waals surface area contributed by atoms with Crippen LogP contribution in [0.5, 0.6) is 5.75 Å². The van der Waals surface area contributed by atoms with E-state index in [-0.39, 0.29) is 4.88 Å². The summed E-state index contributed by atoms with van der Waals surface area (Å²) in [6.45, 7) is 1.32. The molecule has 236 valence electrons. The molecule has 4 aromatic rings. The van der Waals surface area contributed by atoms with Gasteiger partial charge in [-0.05, 0) is 34.7 Å². The molecule has 17 heteroatoms. The van der Waals surface area contributed by atoms with Crippen molar-refractivity contribution < 1.29 is 55.1 Å². The molecule has 9 nitrogen and oxygen atoms in total. The van der Waals surface area contributed by atoms with Gasteiger partial charge in [0.25, 0.3) is 5.91 Å². The molecule has 1 aliphatic heterocycles. The molecule has 3 aromatic heterocycles. The van der Waals surface area contributed by atoms with Crippen LogP contribution in [-0.4, -0.2) is 77.8 Å². The predicted molar refractivity (Wildman–Crippen MR) is 142 cm³/mol. The number of alkyl halides is 7. The maximum absolute atomic E-state index is 13.3. The summed E-state index contributed by atoms with van der Waals surface area (Å²) in [6.07, 6.45) is -4.60. The van der Waals surface area contributed by atoms with Gasteiger partial charge in [0.05, 0.1) is 17.6 Å². The van der Waals surface area contributed by atoms with E-state index < -0.39 is 36.9 Å². The van der Waals surface area contributed by atoms with Crippen molar-refractivity contribution in [2.45, 2.75) is 24.9 Å². The minimum atomic E-state index is -5.19. The van der Waals surface area contributed by atoms with Gasteiger partial charge in [-0.25, -0.2) is 13.9 Å². The summed E-state index contributed by atoms with van der Waals surface area (Å²) in [5.41, 5.74) is 3.63. The number of ether oxygens (including phenoxy) is 1. The van der Waals surface area contributed by atoms with E-state index in [4.69, 9.17) is 14.6 Å². The molecule has 44 heavy (non-hydrogen) atoms. The Morgan fingerprint density at radius 3 is 2.41 bits per heavy atom. The van der Waals surface area contributed by atoms with Gasteiger partial charge in [0.1, 0.15) is 38.0 Å². The van der Waals surface area contributed by atoms with Gasteiger partial charge in [0.2, 0.25) is 0 Å². The van der Waals surface area contributed by atoms with Crippen LogP contribution in [0.15, 0.2) is 54.3 Å². The lowest BCUT2D eigenvalue weighted by Gasteiger charge is -2.13. The highest BCUT2D eigenvalue weighted by atomic mass is 32.1. The highest BCUT2D eigenvalue weighted by molar-refractivity contribution is 7.12. The van der Waals surface area contributed by atoms with Gasteiger partial charge in [-0.1, -0.05) is 12.1 Å². The van der Waals surface area contributed by atoms with Crippen LogP contribution in [0.2, 0.25) is 0 Å². The SMILES string of the molecule is O=C(NCC(F)(F)F)c1cc(-c2cnn3cc(-c4ccc(OCC[NH+]5CC[C@@H](F)C5)cc4)cnc23)cs1.O=C([O-])C(F)(F)F. The average molecular weight is 648 g/mol. The molecule has 1 aliphatic rings. The summed E-state index contributed by atoms with van der Waals surface area (Å²) in [6, 6.07) is 9.13. The zero-order valence-corrected chi connectivity index (χ0v) is 23.4. The third-order valence-electron chi connectivity index (χ3n) is 6.40. The Labute approximate surface area is 248 Å². The fraction of sp³-hybridized carbons (Fsp3) is 0.333. The molecule has 0 spiro atoms. The fourth-order valence-corrected chi connectivity index (χ4v) is 5.08. The molecule has 0 aliphatic carbocycles. The Morgan fingerprint density at radius 1 is 1.09 bits per heavy atom. The third kappa shape index (κ3) is 8.89. The summed E-state index contributed by atoms with van der Waals surface area (Å²) >= 11 is 1.05. The minimum Gasteiger partial charge on any atom is -0.542 e. The van der Waals surface area contributed by atoms with Crippen LogP contribution in [0.4, 0.5) is 30.7 Å². The zero-order chi connectivity index (χ0) is 32.1. The van der Waals surface area contributed by atoms with Gasteiger partial charge in [0.15, 0.2) is 11.8 Å². The van der Waals surface area contributed by atoms with Gasteiger partial charge in [-0.2, -0.15) is 31.4 Å². The molecular weight excluding hydrogens is 623 g/mol. The number of quaternary nitrogens is 1. The molecule has 5 rings (SSSR count). The number of carboxylic acids is 1. The molecule has 1 amide bonds. The standard InChI is InChI=1S/C25H23F4N5O2S.C2HF3O2/c26-19-5-6-33(13-19)7-8-36-20-3-1-16(2-4-20)18-10-30-23-21(11-32-34(23)12-18)17-9-22(37-14-17)24(35)31-15-25(27,28)29;3-2(4,5)1(6)7/h1-4,9-12,14,19H,5-8,13,15H2,(H,31,35);(H,6,7)/t19-;/m1./s1. The maximum atomic E-state index is 13.3. The van der Waals surface area contributed by atoms with Crippen molar-refractivity contribution in [3.63, 3.8) is 0 Å². The summed E-state index contributed by atoms with van der Waals surface area (Å²) in [4.78, 5) is 26.7. The summed E-state index contributed by atoms with van der Waals surface area (Å²) in [7, 11) is 0. The predicted octanol–water partition coefficient (Wildman–Crippen LogP) is 2.72. The van der Waals surface area contributed by atoms with Gasteiger partial charge < -0.3 is 24.9 Å². The molecule has 4 heterocycles. The number of thiophene rings is 1. The van der Waals surface area contributed by atoms with E-state index in [0.29, 0.717) is 36.3 Å². The van der Waals surface area contributed by atoms with E-state index in [2.05, 4.69) is 10.1 Å². The number of carboxylic acid groups (broad SMARTS) is 1. The minimum absolute atomic E-state index is 0.172. The van der Waals surface area contributed by atoms with E-state index in [9.17, 15) is 35.5 Å². The summed E-state index contributed by atoms with van der Waals surface area (Å²) in [5, 5.41) is 16.7. The third-order valence-corrected chi connectivity index (χ3v) is 7.33. The van der Waals surface area contributed by atoms with E-state index >= 15 is 0 Å². The van der Waals surface area contributed by atoms with Crippen molar-refractivity contribution in [1.82, 2.24) is 19.9 Å². The highest BCUT2D eigenvalue weighted by Gasteiger charge is 2.29. The number of rotatable bonds is 8. The summed E-state index contributed by atoms with van der Waals surface area (Å²) < 4.78 is 89.4. The van der Waals surface area contributed by atoms with E-state index in [1.165, 1.54) is 11.0 Å². The van der Waals surface area contributed by atoms with Crippen LogP contribution in [-0.2, 0) is 4.79 Å². The Balaban J connectivity index is 0.000000566. The molecule has 1 saturated heterocycles. The zero-order valence-electron chi connectivity index (χ0n) is 22.5. The molecule has 1 aromatic carbocycles. The normalized spacial score (nSPS) is 16.8. The smallest absolute Gasteiger partial charge is 0.430 e. The second-order valence-electron chi connectivity index (χ2n) is 9.66. The largest absolute Gasteiger partial charge is 0.542 e.